The van der Waals surface area contributed by atoms with Crippen LogP contribution in [0.5, 0.6) is 0 Å². The normalized spacial score (nSPS) is 11.3. The average Bonchev–Trinajstić information content (AvgIpc) is 2.44. The van der Waals surface area contributed by atoms with Gasteiger partial charge in [0, 0.05) is 12.0 Å². The number of carboxylic acid groups (broad SMARTS) is 1. The van der Waals surface area contributed by atoms with E-state index in [9.17, 15) is 9.59 Å². The molecule has 0 rings (SSSR count). The van der Waals surface area contributed by atoms with E-state index < -0.39 is 5.97 Å². The summed E-state index contributed by atoms with van der Waals surface area (Å²) < 4.78 is 5.16. The molecule has 0 unspecified atom stereocenters. The molecule has 0 aromatic heterocycles. The fourth-order valence-electron chi connectivity index (χ4n) is 2.43. The third-order valence-electron chi connectivity index (χ3n) is 4.10. The minimum absolute atomic E-state index is 0.191. The van der Waals surface area contributed by atoms with Gasteiger partial charge in [0.05, 0.1) is 6.61 Å². The van der Waals surface area contributed by atoms with Crippen LogP contribution in [0.4, 0.5) is 0 Å². The number of carbonyl (C=O) groups excluding carboxylic acids is 1. The summed E-state index contributed by atoms with van der Waals surface area (Å²) in [7, 11) is 0. The molecule has 4 nitrogen and oxygen atoms in total. The molecule has 0 aromatic carbocycles. The van der Waals surface area contributed by atoms with Gasteiger partial charge in [-0.3, -0.25) is 4.79 Å². The third kappa shape index (κ3) is 14.0. The molecule has 0 spiro atoms. The summed E-state index contributed by atoms with van der Waals surface area (Å²) in [6.45, 7) is 10.1. The zero-order chi connectivity index (χ0) is 17.7. The number of hydrogen-bond acceptors (Lipinski definition) is 3. The van der Waals surface area contributed by atoms with E-state index in [1.54, 1.807) is 6.92 Å². The molecular formula is C19H34O4. The highest BCUT2D eigenvalue weighted by molar-refractivity contribution is 5.86. The first kappa shape index (κ1) is 21.7. The van der Waals surface area contributed by atoms with E-state index >= 15 is 0 Å². The van der Waals surface area contributed by atoms with Crippen LogP contribution >= 0.6 is 0 Å². The van der Waals surface area contributed by atoms with E-state index in [0.29, 0.717) is 18.6 Å². The van der Waals surface area contributed by atoms with Crippen LogP contribution in [0.25, 0.3) is 0 Å². The Morgan fingerprint density at radius 3 is 2.00 bits per heavy atom. The molecule has 0 bridgehead atoms. The molecule has 4 heteroatoms. The first-order chi connectivity index (χ1) is 10.7. The molecule has 0 aliphatic rings. The number of unbranched alkanes of at least 4 members (excludes halogenated alkanes) is 6. The highest BCUT2D eigenvalue weighted by Crippen LogP contribution is 2.28. The fourth-order valence-corrected chi connectivity index (χ4v) is 2.43. The van der Waals surface area contributed by atoms with Crippen molar-refractivity contribution >= 4 is 11.9 Å². The maximum atomic E-state index is 11.3. The molecule has 0 amide bonds. The summed E-state index contributed by atoms with van der Waals surface area (Å²) >= 11 is 0. The lowest BCUT2D eigenvalue weighted by atomic mass is 9.84. The molecule has 0 saturated heterocycles. The molecule has 134 valence electrons. The first-order valence-electron chi connectivity index (χ1n) is 8.79. The molecule has 0 aliphatic carbocycles. The lowest BCUT2D eigenvalue weighted by Gasteiger charge is -2.24. The van der Waals surface area contributed by atoms with Crippen LogP contribution in [-0.4, -0.2) is 23.7 Å². The number of hydrogen-bond donors (Lipinski definition) is 1. The van der Waals surface area contributed by atoms with E-state index in [-0.39, 0.29) is 11.4 Å². The molecule has 1 N–H and O–H groups in total. The zero-order valence-electron chi connectivity index (χ0n) is 15.2. The van der Waals surface area contributed by atoms with Gasteiger partial charge in [-0.1, -0.05) is 59.0 Å². The Bertz CT molecular complexity index is 372. The van der Waals surface area contributed by atoms with Gasteiger partial charge in [0.1, 0.15) is 0 Å². The van der Waals surface area contributed by atoms with Crippen molar-refractivity contribution in [3.63, 3.8) is 0 Å². The van der Waals surface area contributed by atoms with Gasteiger partial charge in [0.15, 0.2) is 0 Å². The molecule has 0 atom stereocenters. The fraction of sp³-hybridized carbons (Fsp3) is 0.789. The topological polar surface area (TPSA) is 63.6 Å². The van der Waals surface area contributed by atoms with E-state index in [1.807, 2.05) is 0 Å². The highest BCUT2D eigenvalue weighted by atomic mass is 16.5. The minimum Gasteiger partial charge on any atom is -0.481 e. The van der Waals surface area contributed by atoms with Crippen molar-refractivity contribution in [1.29, 1.82) is 0 Å². The Kier molecular flexibility index (Phi) is 11.4. The van der Waals surface area contributed by atoms with Crippen LogP contribution in [0.3, 0.4) is 0 Å². The summed E-state index contributed by atoms with van der Waals surface area (Å²) in [4.78, 5) is 21.7. The Labute approximate surface area is 141 Å². The Hall–Kier alpha value is -1.32. The minimum atomic E-state index is -0.693. The third-order valence-corrected chi connectivity index (χ3v) is 4.10. The lowest BCUT2D eigenvalue weighted by Crippen LogP contribution is -2.16. The van der Waals surface area contributed by atoms with E-state index in [1.165, 1.54) is 25.7 Å². The SMILES string of the molecule is C=C(C)C(=O)OCCC(C)(C)CCCCCCCCCC(=O)O. The Balaban J connectivity index is 3.53. The Morgan fingerprint density at radius 2 is 1.48 bits per heavy atom. The highest BCUT2D eigenvalue weighted by Gasteiger charge is 2.18. The number of carboxylic acids is 1. The van der Waals surface area contributed by atoms with E-state index in [0.717, 1.165) is 32.1 Å². The van der Waals surface area contributed by atoms with Gasteiger partial charge in [-0.25, -0.2) is 4.79 Å². The van der Waals surface area contributed by atoms with Crippen molar-refractivity contribution in [2.45, 2.75) is 85.0 Å². The standard InChI is InChI=1S/C19H34O4/c1-16(2)18(22)23-15-14-19(3,4)13-11-9-7-5-6-8-10-12-17(20)21/h1,5-15H2,2-4H3,(H,20,21). The summed E-state index contributed by atoms with van der Waals surface area (Å²) in [5.41, 5.74) is 0.641. The molecule has 23 heavy (non-hydrogen) atoms. The monoisotopic (exact) mass is 326 g/mol. The molecule has 0 radical (unpaired) electrons. The largest absolute Gasteiger partial charge is 0.481 e. The van der Waals surface area contributed by atoms with Crippen molar-refractivity contribution in [1.82, 2.24) is 0 Å². The second-order valence-electron chi connectivity index (χ2n) is 7.20. The molecule has 0 saturated carbocycles. The van der Waals surface area contributed by atoms with Gasteiger partial charge < -0.3 is 9.84 Å². The van der Waals surface area contributed by atoms with Gasteiger partial charge in [-0.05, 0) is 31.6 Å². The van der Waals surface area contributed by atoms with E-state index in [2.05, 4.69) is 20.4 Å². The van der Waals surface area contributed by atoms with Crippen molar-refractivity contribution in [3.8, 4) is 0 Å². The average molecular weight is 326 g/mol. The van der Waals surface area contributed by atoms with Crippen LogP contribution in [0.1, 0.15) is 85.0 Å². The molecule has 0 heterocycles. The quantitative estimate of drug-likeness (QED) is 0.273. The summed E-state index contributed by atoms with van der Waals surface area (Å²) in [6.07, 6.45) is 10.1. The number of rotatable bonds is 14. The second kappa shape index (κ2) is 12.1. The van der Waals surface area contributed by atoms with Crippen LogP contribution in [0.15, 0.2) is 12.2 Å². The maximum absolute atomic E-state index is 11.3. The molecule has 0 aromatic rings. The smallest absolute Gasteiger partial charge is 0.333 e. The van der Waals surface area contributed by atoms with Crippen LogP contribution < -0.4 is 0 Å². The van der Waals surface area contributed by atoms with Crippen molar-refractivity contribution in [2.24, 2.45) is 5.41 Å². The summed E-state index contributed by atoms with van der Waals surface area (Å²) in [5, 5.41) is 8.55. The van der Waals surface area contributed by atoms with Crippen molar-refractivity contribution < 1.29 is 19.4 Å². The van der Waals surface area contributed by atoms with Gasteiger partial charge in [0.25, 0.3) is 0 Å². The zero-order valence-corrected chi connectivity index (χ0v) is 15.2. The molecule has 0 fully saturated rings. The molecule has 0 aliphatic heterocycles. The predicted molar refractivity (Wildman–Crippen MR) is 93.4 cm³/mol. The summed E-state index contributed by atoms with van der Waals surface area (Å²) in [6, 6.07) is 0. The van der Waals surface area contributed by atoms with Crippen molar-refractivity contribution in [3.05, 3.63) is 12.2 Å². The van der Waals surface area contributed by atoms with Crippen molar-refractivity contribution in [2.75, 3.05) is 6.61 Å². The predicted octanol–water partition coefficient (Wildman–Crippen LogP) is 5.12. The lowest BCUT2D eigenvalue weighted by molar-refractivity contribution is -0.139. The Morgan fingerprint density at radius 1 is 0.957 bits per heavy atom. The van der Waals surface area contributed by atoms with Gasteiger partial charge >= 0.3 is 11.9 Å². The van der Waals surface area contributed by atoms with Crippen LogP contribution in [-0.2, 0) is 14.3 Å². The van der Waals surface area contributed by atoms with Gasteiger partial charge in [-0.2, -0.15) is 0 Å². The summed E-state index contributed by atoms with van der Waals surface area (Å²) in [5.74, 6) is -0.996. The number of aliphatic carboxylic acids is 1. The molecular weight excluding hydrogens is 292 g/mol. The van der Waals surface area contributed by atoms with Gasteiger partial charge in [0.2, 0.25) is 0 Å². The van der Waals surface area contributed by atoms with Crippen LogP contribution in [0, 0.1) is 5.41 Å². The van der Waals surface area contributed by atoms with E-state index in [4.69, 9.17) is 9.84 Å². The number of esters is 1. The second-order valence-corrected chi connectivity index (χ2v) is 7.20. The maximum Gasteiger partial charge on any atom is 0.333 e. The first-order valence-corrected chi connectivity index (χ1v) is 8.79. The number of ether oxygens (including phenoxy) is 1. The van der Waals surface area contributed by atoms with Gasteiger partial charge in [-0.15, -0.1) is 0 Å². The van der Waals surface area contributed by atoms with Crippen LogP contribution in [0.2, 0.25) is 0 Å². The number of carbonyl (C=O) groups is 2.